The third-order valence-electron chi connectivity index (χ3n) is 2.46. The molecule has 0 saturated heterocycles. The molecule has 2 aromatic rings. The van der Waals surface area contributed by atoms with Crippen molar-refractivity contribution in [1.82, 2.24) is 0 Å². The maximum absolute atomic E-state index is 10.5. The largest absolute Gasteiger partial charge is 0.490 e. The Kier molecular flexibility index (Phi) is 4.35. The van der Waals surface area contributed by atoms with Crippen LogP contribution in [-0.2, 0) is 0 Å². The van der Waals surface area contributed by atoms with Crippen molar-refractivity contribution in [1.29, 1.82) is 0 Å². The molecule has 3 heteroatoms. The van der Waals surface area contributed by atoms with Gasteiger partial charge in [-0.05, 0) is 26.0 Å². The van der Waals surface area contributed by atoms with E-state index in [9.17, 15) is 4.89 Å². The van der Waals surface area contributed by atoms with E-state index >= 15 is 0 Å². The zero-order chi connectivity index (χ0) is 13.0. The van der Waals surface area contributed by atoms with Crippen LogP contribution in [-0.4, -0.2) is 11.0 Å². The van der Waals surface area contributed by atoms with Crippen molar-refractivity contribution in [2.75, 3.05) is 0 Å². The molecule has 18 heavy (non-hydrogen) atoms. The number of hydrogen-bond acceptors (Lipinski definition) is 2. The van der Waals surface area contributed by atoms with Gasteiger partial charge in [-0.2, -0.15) is 0 Å². The number of benzene rings is 2. The van der Waals surface area contributed by atoms with Crippen LogP contribution < -0.4 is 15.3 Å². The number of ether oxygens (including phenoxy) is 1. The Hall–Kier alpha value is -1.37. The fourth-order valence-corrected chi connectivity index (χ4v) is 2.99. The summed E-state index contributed by atoms with van der Waals surface area (Å²) in [5.41, 5.74) is 0. The zero-order valence-electron chi connectivity index (χ0n) is 10.6. The van der Waals surface area contributed by atoms with Gasteiger partial charge in [0.2, 0.25) is 0 Å². The van der Waals surface area contributed by atoms with Crippen LogP contribution in [0.1, 0.15) is 13.8 Å². The van der Waals surface area contributed by atoms with Crippen molar-refractivity contribution in [3.05, 3.63) is 54.6 Å². The van der Waals surface area contributed by atoms with Gasteiger partial charge in [-0.25, -0.2) is 0 Å². The molecule has 2 rings (SSSR count). The van der Waals surface area contributed by atoms with Crippen LogP contribution >= 0.6 is 8.15 Å². The maximum atomic E-state index is 10.5. The Morgan fingerprint density at radius 2 is 1.56 bits per heavy atom. The molecule has 1 atom stereocenters. The van der Waals surface area contributed by atoms with Crippen molar-refractivity contribution >= 4 is 18.8 Å². The highest BCUT2D eigenvalue weighted by Gasteiger charge is 2.15. The molecule has 0 aliphatic heterocycles. The van der Waals surface area contributed by atoms with Crippen LogP contribution in [0.4, 0.5) is 0 Å². The lowest BCUT2D eigenvalue weighted by Gasteiger charge is -2.17. The van der Waals surface area contributed by atoms with E-state index in [0.29, 0.717) is 0 Å². The van der Waals surface area contributed by atoms with E-state index < -0.39 is 8.15 Å². The highest BCUT2D eigenvalue weighted by atomic mass is 31.1. The first-order valence-electron chi connectivity index (χ1n) is 5.98. The second-order valence-corrected chi connectivity index (χ2v) is 5.90. The molecule has 0 bridgehead atoms. The fourth-order valence-electron chi connectivity index (χ4n) is 1.69. The minimum Gasteiger partial charge on any atom is -0.490 e. The SMILES string of the molecule is CC(C)Oc1ccccc1P(O)c1ccccc1. The average molecular weight is 260 g/mol. The minimum atomic E-state index is -1.35. The average Bonchev–Trinajstić information content (AvgIpc) is 2.39. The monoisotopic (exact) mass is 260 g/mol. The van der Waals surface area contributed by atoms with Gasteiger partial charge in [-0.15, -0.1) is 0 Å². The lowest BCUT2D eigenvalue weighted by atomic mass is 10.3. The molecule has 0 amide bonds. The van der Waals surface area contributed by atoms with Crippen molar-refractivity contribution in [2.45, 2.75) is 20.0 Å². The molecular weight excluding hydrogens is 243 g/mol. The Labute approximate surface area is 109 Å². The standard InChI is InChI=1S/C15H17O2P/c1-12(2)17-14-10-6-7-11-15(14)18(16)13-8-4-3-5-9-13/h3-12,16H,1-2H3. The fraction of sp³-hybridized carbons (Fsp3) is 0.200. The molecule has 2 aromatic carbocycles. The molecule has 1 N–H and O–H groups in total. The van der Waals surface area contributed by atoms with E-state index in [4.69, 9.17) is 4.74 Å². The van der Waals surface area contributed by atoms with Crippen LogP contribution in [0.5, 0.6) is 5.75 Å². The van der Waals surface area contributed by atoms with Gasteiger partial charge in [0.1, 0.15) is 5.75 Å². The predicted molar refractivity (Wildman–Crippen MR) is 77.1 cm³/mol. The summed E-state index contributed by atoms with van der Waals surface area (Å²) >= 11 is 0. The first kappa shape index (κ1) is 13.1. The third kappa shape index (κ3) is 3.10. The van der Waals surface area contributed by atoms with Crippen molar-refractivity contribution < 1.29 is 9.63 Å². The highest BCUT2D eigenvalue weighted by Crippen LogP contribution is 2.32. The summed E-state index contributed by atoms with van der Waals surface area (Å²) in [7, 11) is -1.35. The number of rotatable bonds is 4. The van der Waals surface area contributed by atoms with E-state index in [1.807, 2.05) is 68.4 Å². The first-order valence-corrected chi connectivity index (χ1v) is 7.27. The van der Waals surface area contributed by atoms with Gasteiger partial charge < -0.3 is 9.63 Å². The number of para-hydroxylation sites is 1. The Bertz CT molecular complexity index is 497. The molecule has 0 aromatic heterocycles. The van der Waals surface area contributed by atoms with Crippen LogP contribution in [0.15, 0.2) is 54.6 Å². The first-order chi connectivity index (χ1) is 8.68. The summed E-state index contributed by atoms with van der Waals surface area (Å²) < 4.78 is 5.74. The normalized spacial score (nSPS) is 12.4. The molecule has 0 aliphatic carbocycles. The lowest BCUT2D eigenvalue weighted by Crippen LogP contribution is -2.17. The van der Waals surface area contributed by atoms with E-state index in [2.05, 4.69) is 0 Å². The molecular formula is C15H17O2P. The molecule has 0 aliphatic rings. The molecule has 2 nitrogen and oxygen atoms in total. The summed E-state index contributed by atoms with van der Waals surface area (Å²) in [5, 5.41) is 1.81. The summed E-state index contributed by atoms with van der Waals surface area (Å²) in [4.78, 5) is 10.5. The molecule has 94 valence electrons. The minimum absolute atomic E-state index is 0.102. The summed E-state index contributed by atoms with van der Waals surface area (Å²) in [5.74, 6) is 0.768. The van der Waals surface area contributed by atoms with Crippen LogP contribution in [0.2, 0.25) is 0 Å². The maximum Gasteiger partial charge on any atom is 0.129 e. The van der Waals surface area contributed by atoms with E-state index in [1.54, 1.807) is 0 Å². The Morgan fingerprint density at radius 1 is 0.944 bits per heavy atom. The van der Waals surface area contributed by atoms with Gasteiger partial charge in [-0.1, -0.05) is 42.5 Å². The number of hydrogen-bond donors (Lipinski definition) is 1. The van der Waals surface area contributed by atoms with Crippen LogP contribution in [0.3, 0.4) is 0 Å². The van der Waals surface area contributed by atoms with Gasteiger partial charge in [0.25, 0.3) is 0 Å². The van der Waals surface area contributed by atoms with Crippen molar-refractivity contribution in [3.8, 4) is 5.75 Å². The predicted octanol–water partition coefficient (Wildman–Crippen LogP) is 2.81. The van der Waals surface area contributed by atoms with Gasteiger partial charge in [0, 0.05) is 10.6 Å². The highest BCUT2D eigenvalue weighted by molar-refractivity contribution is 7.67. The van der Waals surface area contributed by atoms with Crippen LogP contribution in [0, 0.1) is 0 Å². The van der Waals surface area contributed by atoms with Gasteiger partial charge in [-0.3, -0.25) is 0 Å². The molecule has 0 spiro atoms. The molecule has 0 saturated carbocycles. The molecule has 0 heterocycles. The third-order valence-corrected chi connectivity index (χ3v) is 4.07. The quantitative estimate of drug-likeness (QED) is 0.857. The Balaban J connectivity index is 2.33. The van der Waals surface area contributed by atoms with Gasteiger partial charge in [0.15, 0.2) is 0 Å². The smallest absolute Gasteiger partial charge is 0.129 e. The molecule has 1 unspecified atom stereocenters. The van der Waals surface area contributed by atoms with Crippen molar-refractivity contribution in [2.24, 2.45) is 0 Å². The topological polar surface area (TPSA) is 29.5 Å². The zero-order valence-corrected chi connectivity index (χ0v) is 11.5. The van der Waals surface area contributed by atoms with Crippen molar-refractivity contribution in [3.63, 3.8) is 0 Å². The van der Waals surface area contributed by atoms with Gasteiger partial charge in [0.05, 0.1) is 14.3 Å². The summed E-state index contributed by atoms with van der Waals surface area (Å²) in [6.45, 7) is 3.97. The molecule has 0 radical (unpaired) electrons. The Morgan fingerprint density at radius 3 is 2.22 bits per heavy atom. The van der Waals surface area contributed by atoms with E-state index in [0.717, 1.165) is 16.4 Å². The van der Waals surface area contributed by atoms with E-state index in [-0.39, 0.29) is 6.10 Å². The second-order valence-electron chi connectivity index (χ2n) is 4.28. The van der Waals surface area contributed by atoms with Gasteiger partial charge >= 0.3 is 0 Å². The molecule has 0 fully saturated rings. The second kappa shape index (κ2) is 5.99. The lowest BCUT2D eigenvalue weighted by molar-refractivity contribution is 0.244. The van der Waals surface area contributed by atoms with Crippen LogP contribution in [0.25, 0.3) is 0 Å². The summed E-state index contributed by atoms with van der Waals surface area (Å²) in [6.07, 6.45) is 0.102. The van der Waals surface area contributed by atoms with E-state index in [1.165, 1.54) is 0 Å². The summed E-state index contributed by atoms with van der Waals surface area (Å²) in [6, 6.07) is 17.4.